The van der Waals surface area contributed by atoms with Crippen molar-refractivity contribution < 1.29 is 31.1 Å². The molecule has 0 spiro atoms. The first-order chi connectivity index (χ1) is 15.1. The molecule has 3 aromatic rings. The summed E-state index contributed by atoms with van der Waals surface area (Å²) in [6.45, 7) is 1.06. The Labute approximate surface area is 184 Å². The van der Waals surface area contributed by atoms with Crippen LogP contribution in [0.5, 0.6) is 11.5 Å². The van der Waals surface area contributed by atoms with E-state index >= 15 is 0 Å². The third kappa shape index (κ3) is 5.32. The van der Waals surface area contributed by atoms with Crippen molar-refractivity contribution in [3.05, 3.63) is 83.4 Å². The molecule has 0 radical (unpaired) electrons. The molecule has 0 N–H and O–H groups in total. The highest BCUT2D eigenvalue weighted by Gasteiger charge is 2.31. The molecule has 0 unspecified atom stereocenters. The zero-order valence-corrected chi connectivity index (χ0v) is 17.3. The minimum atomic E-state index is -4.41. The summed E-state index contributed by atoms with van der Waals surface area (Å²) in [5.41, 5.74) is -2.52. The molecule has 0 bridgehead atoms. The lowest BCUT2D eigenvalue weighted by Gasteiger charge is -2.32. The maximum absolute atomic E-state index is 12.8. The number of hydrogen-bond acceptors (Lipinski definition) is 3. The molecule has 4 rings (SSSR count). The Morgan fingerprint density at radius 3 is 2.25 bits per heavy atom. The number of rotatable bonds is 4. The van der Waals surface area contributed by atoms with Crippen LogP contribution in [-0.2, 0) is 19.1 Å². The van der Waals surface area contributed by atoms with Gasteiger partial charge >= 0.3 is 11.7 Å². The fraction of sp³-hybridized carbons (Fsp3) is 0.217. The van der Waals surface area contributed by atoms with Gasteiger partial charge in [0.15, 0.2) is 0 Å². The van der Waals surface area contributed by atoms with E-state index in [0.29, 0.717) is 36.7 Å². The van der Waals surface area contributed by atoms with Crippen molar-refractivity contribution in [2.75, 3.05) is 11.4 Å². The van der Waals surface area contributed by atoms with Gasteiger partial charge in [-0.05, 0) is 72.3 Å². The van der Waals surface area contributed by atoms with Crippen molar-refractivity contribution in [1.29, 1.82) is 0 Å². The van der Waals surface area contributed by atoms with Crippen molar-refractivity contribution in [2.24, 2.45) is 0 Å². The number of ether oxygens (including phenoxy) is 1. The van der Waals surface area contributed by atoms with E-state index in [-0.39, 0.29) is 16.7 Å². The van der Waals surface area contributed by atoms with E-state index in [1.165, 1.54) is 24.3 Å². The first kappa shape index (κ1) is 22.4. The van der Waals surface area contributed by atoms with Crippen LogP contribution in [0.3, 0.4) is 0 Å². The number of hydrogen-bond donors (Lipinski definition) is 0. The lowest BCUT2D eigenvalue weighted by molar-refractivity contribution is -0.137. The van der Waals surface area contributed by atoms with Gasteiger partial charge in [-0.15, -0.1) is 0 Å². The second kappa shape index (κ2) is 8.61. The molecule has 1 aliphatic rings. The normalized spacial score (nSPS) is 14.2. The molecular weight excluding hydrogens is 452 g/mol. The quantitative estimate of drug-likeness (QED) is 0.287. The summed E-state index contributed by atoms with van der Waals surface area (Å²) in [6, 6.07) is 16.3. The molecule has 3 aromatic carbocycles. The maximum atomic E-state index is 12.8. The fourth-order valence-corrected chi connectivity index (χ4v) is 4.20. The van der Waals surface area contributed by atoms with Gasteiger partial charge in [-0.3, -0.25) is 0 Å². The Balaban J connectivity index is 1.51. The maximum Gasteiger partial charge on any atom is 0.446 e. The molecule has 0 atom stereocenters. The predicted octanol–water partition coefficient (Wildman–Crippen LogP) is 7.67. The van der Waals surface area contributed by atoms with Crippen LogP contribution in [0.4, 0.5) is 32.0 Å². The van der Waals surface area contributed by atoms with Crippen LogP contribution in [0, 0.1) is 0 Å². The summed E-state index contributed by atoms with van der Waals surface area (Å²) in [7, 11) is 0. The summed E-state index contributed by atoms with van der Waals surface area (Å²) in [6.07, 6.45) is -3.83. The van der Waals surface area contributed by atoms with E-state index in [4.69, 9.17) is 4.74 Å². The Morgan fingerprint density at radius 2 is 1.56 bits per heavy atom. The molecule has 168 valence electrons. The number of nitrogens with zero attached hydrogens (tertiary/aromatic N) is 1. The van der Waals surface area contributed by atoms with E-state index in [2.05, 4.69) is 0 Å². The monoisotopic (exact) mass is 469 g/mol. The second-order valence-corrected chi connectivity index (χ2v) is 8.37. The predicted molar refractivity (Wildman–Crippen MR) is 111 cm³/mol. The Bertz CT molecular complexity index is 1090. The number of alkyl halides is 6. The van der Waals surface area contributed by atoms with Gasteiger partial charge in [-0.2, -0.15) is 26.3 Å². The molecular formula is C23H17F6NOS. The van der Waals surface area contributed by atoms with Gasteiger partial charge in [0.05, 0.1) is 5.56 Å². The van der Waals surface area contributed by atoms with Gasteiger partial charge in [0, 0.05) is 29.2 Å². The number of thioether (sulfide) groups is 1. The van der Waals surface area contributed by atoms with Crippen LogP contribution in [0.15, 0.2) is 71.6 Å². The average molecular weight is 469 g/mol. The van der Waals surface area contributed by atoms with E-state index in [0.717, 1.165) is 23.3 Å². The van der Waals surface area contributed by atoms with Crippen molar-refractivity contribution in [2.45, 2.75) is 29.5 Å². The van der Waals surface area contributed by atoms with Gasteiger partial charge in [0.1, 0.15) is 11.5 Å². The molecule has 0 aromatic heterocycles. The van der Waals surface area contributed by atoms with Crippen LogP contribution in [0.1, 0.15) is 16.7 Å². The van der Waals surface area contributed by atoms with Gasteiger partial charge < -0.3 is 9.64 Å². The van der Waals surface area contributed by atoms with Crippen LogP contribution in [0.25, 0.3) is 0 Å². The van der Waals surface area contributed by atoms with Crippen molar-refractivity contribution >= 4 is 17.4 Å². The molecule has 0 saturated heterocycles. The molecule has 1 heterocycles. The minimum absolute atomic E-state index is 0.125. The summed E-state index contributed by atoms with van der Waals surface area (Å²) in [4.78, 5) is 2.12. The Kier molecular flexibility index (Phi) is 6.03. The smallest absolute Gasteiger partial charge is 0.446 e. The third-order valence-electron chi connectivity index (χ3n) is 5.05. The van der Waals surface area contributed by atoms with E-state index in [1.807, 2.05) is 11.0 Å². The molecule has 2 nitrogen and oxygen atoms in total. The van der Waals surface area contributed by atoms with Crippen LogP contribution >= 0.6 is 11.8 Å². The molecule has 1 aliphatic heterocycles. The zero-order chi connectivity index (χ0) is 22.9. The lowest BCUT2D eigenvalue weighted by Crippen LogP contribution is -2.30. The number of benzene rings is 3. The summed E-state index contributed by atoms with van der Waals surface area (Å²) >= 11 is -0.146. The highest BCUT2D eigenvalue weighted by Crippen LogP contribution is 2.39. The largest absolute Gasteiger partial charge is 0.457 e. The van der Waals surface area contributed by atoms with E-state index in [1.54, 1.807) is 24.3 Å². The number of fused-ring (bicyclic) bond motifs is 1. The molecule has 0 saturated carbocycles. The standard InChI is InChI=1S/C23H17F6NOS/c24-22(25,26)16-7-9-18(10-8-16)31-21-6-1-3-15-14-30(12-11-20(15)21)17-4-2-5-19(13-17)32-23(27,28)29/h1-10,13H,11-12,14H2. The van der Waals surface area contributed by atoms with E-state index < -0.39 is 17.2 Å². The van der Waals surface area contributed by atoms with Crippen LogP contribution in [0.2, 0.25) is 0 Å². The lowest BCUT2D eigenvalue weighted by atomic mass is 9.98. The number of halogens is 6. The molecule has 9 heteroatoms. The van der Waals surface area contributed by atoms with Crippen molar-refractivity contribution in [3.8, 4) is 11.5 Å². The van der Waals surface area contributed by atoms with Gasteiger partial charge in [0.25, 0.3) is 0 Å². The first-order valence-corrected chi connectivity index (χ1v) is 10.5. The van der Waals surface area contributed by atoms with Gasteiger partial charge in [-0.1, -0.05) is 18.2 Å². The summed E-state index contributed by atoms with van der Waals surface area (Å²) < 4.78 is 82.2. The molecule has 32 heavy (non-hydrogen) atoms. The highest BCUT2D eigenvalue weighted by atomic mass is 32.2. The minimum Gasteiger partial charge on any atom is -0.457 e. The summed E-state index contributed by atoms with van der Waals surface area (Å²) in [5, 5.41) is 0. The van der Waals surface area contributed by atoms with Crippen molar-refractivity contribution in [1.82, 2.24) is 0 Å². The third-order valence-corrected chi connectivity index (χ3v) is 5.77. The second-order valence-electron chi connectivity index (χ2n) is 7.23. The zero-order valence-electron chi connectivity index (χ0n) is 16.5. The highest BCUT2D eigenvalue weighted by molar-refractivity contribution is 8.00. The first-order valence-electron chi connectivity index (χ1n) is 9.65. The Morgan fingerprint density at radius 1 is 0.844 bits per heavy atom. The average Bonchev–Trinajstić information content (AvgIpc) is 2.72. The summed E-state index contributed by atoms with van der Waals surface area (Å²) in [5.74, 6) is 0.856. The fourth-order valence-electron chi connectivity index (χ4n) is 3.61. The number of anilines is 1. The molecule has 0 aliphatic carbocycles. The van der Waals surface area contributed by atoms with Crippen LogP contribution in [-0.4, -0.2) is 12.1 Å². The van der Waals surface area contributed by atoms with Gasteiger partial charge in [0.2, 0.25) is 0 Å². The molecule has 0 amide bonds. The Hall–Kier alpha value is -2.81. The topological polar surface area (TPSA) is 12.5 Å². The SMILES string of the molecule is FC(F)(F)Sc1cccc(N2CCc3c(cccc3Oc3ccc(C(F)(F)F)cc3)C2)c1. The molecule has 0 fully saturated rings. The van der Waals surface area contributed by atoms with Crippen molar-refractivity contribution in [3.63, 3.8) is 0 Å². The van der Waals surface area contributed by atoms with Gasteiger partial charge in [-0.25, -0.2) is 0 Å². The van der Waals surface area contributed by atoms with Crippen LogP contribution < -0.4 is 9.64 Å². The van der Waals surface area contributed by atoms with E-state index in [9.17, 15) is 26.3 Å².